The van der Waals surface area contributed by atoms with E-state index in [9.17, 15) is 18.4 Å². The minimum absolute atomic E-state index is 0.627. The van der Waals surface area contributed by atoms with E-state index in [2.05, 4.69) is 0 Å². The van der Waals surface area contributed by atoms with Gasteiger partial charge >= 0.3 is 5.97 Å². The fourth-order valence-corrected chi connectivity index (χ4v) is 1.15. The van der Waals surface area contributed by atoms with Gasteiger partial charge in [0.1, 0.15) is 5.75 Å². The molecule has 0 bridgehead atoms. The van der Waals surface area contributed by atoms with Crippen molar-refractivity contribution in [2.24, 2.45) is 0 Å². The third-order valence-electron chi connectivity index (χ3n) is 1.76. The zero-order valence-corrected chi connectivity index (χ0v) is 7.33. The summed E-state index contributed by atoms with van der Waals surface area (Å²) in [5.74, 6) is -2.24. The molecular weight excluding hydrogens is 212 g/mol. The van der Waals surface area contributed by atoms with E-state index in [-0.39, 0.29) is 0 Å². The van der Waals surface area contributed by atoms with Crippen LogP contribution >= 0.6 is 0 Å². The second-order valence-corrected chi connectivity index (χ2v) is 2.77. The average molecular weight is 219 g/mol. The number of aliphatic carboxylic acids is 1. The van der Waals surface area contributed by atoms with Crippen LogP contribution in [0.3, 0.4) is 0 Å². The highest BCUT2D eigenvalue weighted by atomic mass is 19.3. The predicted octanol–water partition coefficient (Wildman–Crippen LogP) is 0.645. The Morgan fingerprint density at radius 1 is 1.53 bits per heavy atom. The number of halogens is 2. The van der Waals surface area contributed by atoms with Crippen molar-refractivity contribution >= 4 is 5.97 Å². The Bertz CT molecular complexity index is 441. The third-order valence-corrected chi connectivity index (χ3v) is 1.76. The molecule has 0 saturated heterocycles. The SMILES string of the molecule is O=C(O)Cc1c(C(F)F)c(O)c[nH]c1=O. The zero-order chi connectivity index (χ0) is 11.6. The largest absolute Gasteiger partial charge is 0.506 e. The Kier molecular flexibility index (Phi) is 3.03. The minimum Gasteiger partial charge on any atom is -0.506 e. The first-order valence-corrected chi connectivity index (χ1v) is 3.87. The van der Waals surface area contributed by atoms with Gasteiger partial charge in [0.25, 0.3) is 12.0 Å². The number of aromatic nitrogens is 1. The topological polar surface area (TPSA) is 90.4 Å². The second-order valence-electron chi connectivity index (χ2n) is 2.77. The highest BCUT2D eigenvalue weighted by molar-refractivity contribution is 5.71. The standard InChI is InChI=1S/C8H7F2NO4/c9-7(10)6-3(1-5(13)14)8(15)11-2-4(6)12/h2,7,12H,1H2,(H,11,15)(H,13,14). The molecule has 1 heterocycles. The van der Waals surface area contributed by atoms with Crippen molar-refractivity contribution in [1.82, 2.24) is 4.98 Å². The lowest BCUT2D eigenvalue weighted by atomic mass is 10.1. The highest BCUT2D eigenvalue weighted by Crippen LogP contribution is 2.28. The molecule has 0 aromatic carbocycles. The maximum atomic E-state index is 12.4. The van der Waals surface area contributed by atoms with Gasteiger partial charge in [0.15, 0.2) is 0 Å². The normalized spacial score (nSPS) is 10.6. The molecule has 5 nitrogen and oxygen atoms in total. The van der Waals surface area contributed by atoms with E-state index in [0.29, 0.717) is 6.20 Å². The molecule has 0 spiro atoms. The van der Waals surface area contributed by atoms with Crippen LogP contribution in [-0.4, -0.2) is 21.2 Å². The Labute approximate surface area is 82.0 Å². The van der Waals surface area contributed by atoms with E-state index in [0.717, 1.165) is 0 Å². The van der Waals surface area contributed by atoms with Gasteiger partial charge in [0.05, 0.1) is 12.0 Å². The number of carboxylic acid groups (broad SMARTS) is 1. The number of pyridine rings is 1. The molecule has 15 heavy (non-hydrogen) atoms. The van der Waals surface area contributed by atoms with E-state index in [4.69, 9.17) is 10.2 Å². The predicted molar refractivity (Wildman–Crippen MR) is 45.0 cm³/mol. The molecule has 0 saturated carbocycles. The number of nitrogens with one attached hydrogen (secondary N) is 1. The van der Waals surface area contributed by atoms with Crippen molar-refractivity contribution in [3.05, 3.63) is 27.7 Å². The summed E-state index contributed by atoms with van der Waals surface area (Å²) in [6, 6.07) is 0. The van der Waals surface area contributed by atoms with Crippen LogP contribution in [0.25, 0.3) is 0 Å². The van der Waals surface area contributed by atoms with Gasteiger partial charge in [-0.05, 0) is 0 Å². The van der Waals surface area contributed by atoms with Crippen molar-refractivity contribution in [3.8, 4) is 5.75 Å². The van der Waals surface area contributed by atoms with E-state index in [1.807, 2.05) is 4.98 Å². The second kappa shape index (κ2) is 4.07. The van der Waals surface area contributed by atoms with Gasteiger partial charge < -0.3 is 15.2 Å². The lowest BCUT2D eigenvalue weighted by Gasteiger charge is -2.07. The first kappa shape index (κ1) is 11.2. The maximum Gasteiger partial charge on any atom is 0.308 e. The maximum absolute atomic E-state index is 12.4. The van der Waals surface area contributed by atoms with Crippen LogP contribution in [0.4, 0.5) is 8.78 Å². The van der Waals surface area contributed by atoms with Crippen LogP contribution in [0, 0.1) is 0 Å². The van der Waals surface area contributed by atoms with Crippen LogP contribution in [-0.2, 0) is 11.2 Å². The van der Waals surface area contributed by atoms with Crippen LogP contribution in [0.2, 0.25) is 0 Å². The number of carboxylic acids is 1. The number of hydrogen-bond acceptors (Lipinski definition) is 3. The van der Waals surface area contributed by atoms with Crippen molar-refractivity contribution in [2.45, 2.75) is 12.8 Å². The Balaban J connectivity index is 3.38. The molecule has 0 fully saturated rings. The average Bonchev–Trinajstić information content (AvgIpc) is 2.10. The van der Waals surface area contributed by atoms with Crippen molar-refractivity contribution in [1.29, 1.82) is 0 Å². The molecule has 0 aliphatic rings. The van der Waals surface area contributed by atoms with Gasteiger partial charge in [-0.25, -0.2) is 8.78 Å². The van der Waals surface area contributed by atoms with Crippen LogP contribution < -0.4 is 5.56 Å². The summed E-state index contributed by atoms with van der Waals surface area (Å²) in [4.78, 5) is 23.4. The summed E-state index contributed by atoms with van der Waals surface area (Å²) in [6.07, 6.45) is -3.25. The monoisotopic (exact) mass is 219 g/mol. The van der Waals surface area contributed by atoms with Gasteiger partial charge in [-0.15, -0.1) is 0 Å². The molecule has 1 aromatic rings. The van der Waals surface area contributed by atoms with Gasteiger partial charge in [-0.3, -0.25) is 9.59 Å². The van der Waals surface area contributed by atoms with Gasteiger partial charge in [0.2, 0.25) is 0 Å². The Morgan fingerprint density at radius 2 is 2.13 bits per heavy atom. The first-order chi connectivity index (χ1) is 6.93. The molecule has 82 valence electrons. The molecule has 0 radical (unpaired) electrons. The lowest BCUT2D eigenvalue weighted by molar-refractivity contribution is -0.136. The van der Waals surface area contributed by atoms with Gasteiger partial charge in [-0.1, -0.05) is 0 Å². The quantitative estimate of drug-likeness (QED) is 0.695. The Morgan fingerprint density at radius 3 is 2.60 bits per heavy atom. The molecule has 0 unspecified atom stereocenters. The fraction of sp³-hybridized carbons (Fsp3) is 0.250. The molecule has 1 aromatic heterocycles. The summed E-state index contributed by atoms with van der Waals surface area (Å²) in [5.41, 5.74) is -2.50. The number of carbonyl (C=O) groups is 1. The van der Waals surface area contributed by atoms with Crippen molar-refractivity contribution < 1.29 is 23.8 Å². The van der Waals surface area contributed by atoms with Crippen LogP contribution in [0.5, 0.6) is 5.75 Å². The van der Waals surface area contributed by atoms with Crippen molar-refractivity contribution in [3.63, 3.8) is 0 Å². The van der Waals surface area contributed by atoms with Gasteiger partial charge in [0, 0.05) is 11.8 Å². The van der Waals surface area contributed by atoms with E-state index in [1.165, 1.54) is 0 Å². The van der Waals surface area contributed by atoms with E-state index in [1.54, 1.807) is 0 Å². The summed E-state index contributed by atoms with van der Waals surface area (Å²) < 4.78 is 24.8. The summed E-state index contributed by atoms with van der Waals surface area (Å²) >= 11 is 0. The molecule has 0 aliphatic carbocycles. The minimum atomic E-state index is -3.10. The number of H-pyrrole nitrogens is 1. The highest BCUT2D eigenvalue weighted by Gasteiger charge is 2.22. The van der Waals surface area contributed by atoms with Crippen LogP contribution in [0.1, 0.15) is 17.6 Å². The number of alkyl halides is 2. The van der Waals surface area contributed by atoms with E-state index < -0.39 is 41.3 Å². The fourth-order valence-electron chi connectivity index (χ4n) is 1.15. The number of rotatable bonds is 3. The molecule has 7 heteroatoms. The molecule has 0 amide bonds. The third kappa shape index (κ3) is 2.30. The number of hydrogen-bond donors (Lipinski definition) is 3. The van der Waals surface area contributed by atoms with E-state index >= 15 is 0 Å². The number of aromatic hydroxyl groups is 1. The molecule has 3 N–H and O–H groups in total. The van der Waals surface area contributed by atoms with Gasteiger partial charge in [-0.2, -0.15) is 0 Å². The smallest absolute Gasteiger partial charge is 0.308 e. The zero-order valence-electron chi connectivity index (χ0n) is 7.33. The van der Waals surface area contributed by atoms with Crippen molar-refractivity contribution in [2.75, 3.05) is 0 Å². The summed E-state index contributed by atoms with van der Waals surface area (Å²) in [7, 11) is 0. The van der Waals surface area contributed by atoms with Crippen LogP contribution in [0.15, 0.2) is 11.0 Å². The first-order valence-electron chi connectivity index (χ1n) is 3.87. The molecule has 1 rings (SSSR count). The lowest BCUT2D eigenvalue weighted by Crippen LogP contribution is -2.19. The molecular formula is C8H7F2NO4. The number of aromatic amines is 1. The summed E-state index contributed by atoms with van der Waals surface area (Å²) in [5, 5.41) is 17.5. The summed E-state index contributed by atoms with van der Waals surface area (Å²) in [6.45, 7) is 0. The Hall–Kier alpha value is -1.92. The molecule has 0 aliphatic heterocycles. The molecule has 0 atom stereocenters.